The number of thiophene rings is 1. The molecule has 2 aromatic rings. The molecule has 1 aliphatic heterocycles. The molecule has 3 nitrogen and oxygen atoms in total. The number of nitrogens with zero attached hydrogens (tertiary/aromatic N) is 1. The van der Waals surface area contributed by atoms with Crippen molar-refractivity contribution in [3.63, 3.8) is 0 Å². The molecule has 84 valence electrons. The van der Waals surface area contributed by atoms with Gasteiger partial charge in [0, 0.05) is 17.0 Å². The average Bonchev–Trinajstić information content (AvgIpc) is 2.79. The third-order valence-corrected chi connectivity index (χ3v) is 3.91. The summed E-state index contributed by atoms with van der Waals surface area (Å²) in [6, 6.07) is 4.26. The maximum Gasteiger partial charge on any atom is 0.228 e. The first kappa shape index (κ1) is 9.90. The zero-order chi connectivity index (χ0) is 11.0. The molecule has 0 spiro atoms. The van der Waals surface area contributed by atoms with E-state index in [-0.39, 0.29) is 0 Å². The number of rotatable bonds is 1. The molecule has 0 fully saturated rings. The van der Waals surface area contributed by atoms with Crippen LogP contribution in [0.3, 0.4) is 0 Å². The summed E-state index contributed by atoms with van der Waals surface area (Å²) in [6.07, 6.45) is 3.48. The quantitative estimate of drug-likeness (QED) is 0.821. The molecule has 16 heavy (non-hydrogen) atoms. The Balaban J connectivity index is 2.05. The van der Waals surface area contributed by atoms with Gasteiger partial charge < -0.3 is 9.84 Å². The van der Waals surface area contributed by atoms with Crippen LogP contribution in [0.1, 0.15) is 23.3 Å². The van der Waals surface area contributed by atoms with E-state index in [1.807, 2.05) is 0 Å². The van der Waals surface area contributed by atoms with Crippen molar-refractivity contribution in [1.82, 2.24) is 5.16 Å². The summed E-state index contributed by atoms with van der Waals surface area (Å²) < 4.78 is 5.38. The topological polar surface area (TPSA) is 38.1 Å². The number of hydrogen-bond acceptors (Lipinski definition) is 4. The molecule has 0 saturated heterocycles. The van der Waals surface area contributed by atoms with Gasteiger partial charge in [-0.1, -0.05) is 5.16 Å². The summed E-state index contributed by atoms with van der Waals surface area (Å²) in [5.74, 6) is 0.874. The van der Waals surface area contributed by atoms with Gasteiger partial charge in [0.15, 0.2) is 0 Å². The Labute approximate surface area is 98.5 Å². The van der Waals surface area contributed by atoms with Crippen LogP contribution in [-0.2, 0) is 6.42 Å². The van der Waals surface area contributed by atoms with Crippen molar-refractivity contribution in [3.8, 4) is 10.6 Å². The fourth-order valence-electron chi connectivity index (χ4n) is 2.06. The van der Waals surface area contributed by atoms with Gasteiger partial charge in [0.25, 0.3) is 0 Å². The van der Waals surface area contributed by atoms with E-state index in [4.69, 9.17) is 4.52 Å². The normalized spacial score (nSPS) is 15.3. The van der Waals surface area contributed by atoms with E-state index in [1.165, 1.54) is 28.2 Å². The average molecular weight is 234 g/mol. The number of hydrogen-bond donors (Lipinski definition) is 1. The third kappa shape index (κ3) is 1.63. The first-order chi connectivity index (χ1) is 7.84. The Morgan fingerprint density at radius 1 is 1.38 bits per heavy atom. The van der Waals surface area contributed by atoms with Crippen molar-refractivity contribution in [3.05, 3.63) is 22.6 Å². The van der Waals surface area contributed by atoms with Gasteiger partial charge in [0.2, 0.25) is 5.88 Å². The van der Waals surface area contributed by atoms with Gasteiger partial charge in [0.05, 0.1) is 4.88 Å². The lowest BCUT2D eigenvalue weighted by molar-refractivity contribution is 0.435. The van der Waals surface area contributed by atoms with E-state index in [1.54, 1.807) is 11.3 Å². The second kappa shape index (κ2) is 3.94. The van der Waals surface area contributed by atoms with Crippen LogP contribution in [0, 0.1) is 6.92 Å². The lowest BCUT2D eigenvalue weighted by Gasteiger charge is -1.97. The molecular formula is C12H14N2OS. The smallest absolute Gasteiger partial charge is 0.228 e. The van der Waals surface area contributed by atoms with Crippen LogP contribution in [0.15, 0.2) is 16.7 Å². The Hall–Kier alpha value is -1.29. The standard InChI is InChI=1S/C12H14N2OS/c1-8-5-6-10(16-8)11-9-4-2-3-7-13-12(9)15-14-11/h5-6,13H,2-4,7H2,1H3. The highest BCUT2D eigenvalue weighted by Gasteiger charge is 2.19. The molecule has 0 aromatic carbocycles. The van der Waals surface area contributed by atoms with Gasteiger partial charge in [-0.2, -0.15) is 0 Å². The van der Waals surface area contributed by atoms with Crippen molar-refractivity contribution < 1.29 is 4.52 Å². The first-order valence-electron chi connectivity index (χ1n) is 5.64. The van der Waals surface area contributed by atoms with Crippen LogP contribution in [-0.4, -0.2) is 11.7 Å². The largest absolute Gasteiger partial charge is 0.354 e. The summed E-state index contributed by atoms with van der Waals surface area (Å²) in [6.45, 7) is 3.11. The lowest BCUT2D eigenvalue weighted by atomic mass is 10.1. The number of nitrogens with one attached hydrogen (secondary N) is 1. The van der Waals surface area contributed by atoms with Crippen LogP contribution in [0.2, 0.25) is 0 Å². The highest BCUT2D eigenvalue weighted by atomic mass is 32.1. The SMILES string of the molecule is Cc1ccc(-c2noc3c2CCCCN3)s1. The Morgan fingerprint density at radius 3 is 3.12 bits per heavy atom. The minimum Gasteiger partial charge on any atom is -0.354 e. The highest BCUT2D eigenvalue weighted by Crippen LogP contribution is 2.35. The van der Waals surface area contributed by atoms with Crippen LogP contribution in [0.5, 0.6) is 0 Å². The van der Waals surface area contributed by atoms with Gasteiger partial charge in [-0.3, -0.25) is 0 Å². The number of anilines is 1. The van der Waals surface area contributed by atoms with Gasteiger partial charge in [0.1, 0.15) is 5.69 Å². The fraction of sp³-hybridized carbons (Fsp3) is 0.417. The van der Waals surface area contributed by atoms with Crippen molar-refractivity contribution >= 4 is 17.2 Å². The first-order valence-corrected chi connectivity index (χ1v) is 6.45. The minimum atomic E-state index is 0.874. The summed E-state index contributed by atoms with van der Waals surface area (Å²) in [7, 11) is 0. The maximum atomic E-state index is 5.38. The number of aryl methyl sites for hydroxylation is 1. The van der Waals surface area contributed by atoms with Gasteiger partial charge >= 0.3 is 0 Å². The maximum absolute atomic E-state index is 5.38. The Bertz CT molecular complexity index is 501. The fourth-order valence-corrected chi connectivity index (χ4v) is 2.94. The van der Waals surface area contributed by atoms with Crippen LogP contribution in [0.25, 0.3) is 10.6 Å². The van der Waals surface area contributed by atoms with Gasteiger partial charge in [-0.25, -0.2) is 0 Å². The van der Waals surface area contributed by atoms with Crippen molar-refractivity contribution in [1.29, 1.82) is 0 Å². The van der Waals surface area contributed by atoms with Crippen molar-refractivity contribution in [2.75, 3.05) is 11.9 Å². The molecule has 1 aliphatic rings. The molecule has 0 atom stereocenters. The predicted molar refractivity (Wildman–Crippen MR) is 66.0 cm³/mol. The molecule has 3 heterocycles. The summed E-state index contributed by atoms with van der Waals surface area (Å²) in [4.78, 5) is 2.53. The molecule has 0 unspecified atom stereocenters. The van der Waals surface area contributed by atoms with E-state index >= 15 is 0 Å². The molecule has 0 aliphatic carbocycles. The lowest BCUT2D eigenvalue weighted by Crippen LogP contribution is -1.97. The second-order valence-electron chi connectivity index (χ2n) is 4.13. The van der Waals surface area contributed by atoms with E-state index in [0.717, 1.165) is 24.5 Å². The highest BCUT2D eigenvalue weighted by molar-refractivity contribution is 7.15. The molecule has 0 saturated carbocycles. The minimum absolute atomic E-state index is 0.874. The second-order valence-corrected chi connectivity index (χ2v) is 5.42. The molecular weight excluding hydrogens is 220 g/mol. The molecule has 3 rings (SSSR count). The zero-order valence-corrected chi connectivity index (χ0v) is 10.1. The van der Waals surface area contributed by atoms with Crippen molar-refractivity contribution in [2.45, 2.75) is 26.2 Å². The van der Waals surface area contributed by atoms with E-state index < -0.39 is 0 Å². The molecule has 2 aromatic heterocycles. The summed E-state index contributed by atoms with van der Waals surface area (Å²) >= 11 is 1.77. The summed E-state index contributed by atoms with van der Waals surface area (Å²) in [5.41, 5.74) is 2.28. The molecule has 4 heteroatoms. The summed E-state index contributed by atoms with van der Waals surface area (Å²) in [5, 5.41) is 7.49. The van der Waals surface area contributed by atoms with E-state index in [0.29, 0.717) is 0 Å². The number of aromatic nitrogens is 1. The predicted octanol–water partition coefficient (Wildman–Crippen LogP) is 3.46. The van der Waals surface area contributed by atoms with Crippen LogP contribution >= 0.6 is 11.3 Å². The third-order valence-electron chi connectivity index (χ3n) is 2.90. The van der Waals surface area contributed by atoms with Crippen LogP contribution in [0.4, 0.5) is 5.88 Å². The zero-order valence-electron chi connectivity index (χ0n) is 9.25. The van der Waals surface area contributed by atoms with E-state index in [9.17, 15) is 0 Å². The monoisotopic (exact) mass is 234 g/mol. The van der Waals surface area contributed by atoms with Crippen molar-refractivity contribution in [2.24, 2.45) is 0 Å². The molecule has 1 N–H and O–H groups in total. The Morgan fingerprint density at radius 2 is 2.31 bits per heavy atom. The Kier molecular flexibility index (Phi) is 2.44. The molecule has 0 radical (unpaired) electrons. The van der Waals surface area contributed by atoms with Gasteiger partial charge in [-0.05, 0) is 38.3 Å². The van der Waals surface area contributed by atoms with E-state index in [2.05, 4.69) is 29.5 Å². The number of fused-ring (bicyclic) bond motifs is 1. The van der Waals surface area contributed by atoms with Gasteiger partial charge in [-0.15, -0.1) is 11.3 Å². The van der Waals surface area contributed by atoms with Crippen LogP contribution < -0.4 is 5.32 Å². The molecule has 0 bridgehead atoms. The molecule has 0 amide bonds.